The number of piperidine rings is 1. The fourth-order valence-electron chi connectivity index (χ4n) is 3.45. The van der Waals surface area contributed by atoms with Gasteiger partial charge in [0.15, 0.2) is 11.5 Å². The molecule has 3 heterocycles. The van der Waals surface area contributed by atoms with Crippen LogP contribution in [0.3, 0.4) is 0 Å². The van der Waals surface area contributed by atoms with E-state index in [9.17, 15) is 9.59 Å². The number of benzene rings is 1. The summed E-state index contributed by atoms with van der Waals surface area (Å²) < 4.78 is 10.8. The maximum Gasteiger partial charge on any atom is 0.410 e. The molecule has 2 aromatic rings. The van der Waals surface area contributed by atoms with Gasteiger partial charge >= 0.3 is 6.09 Å². The number of hydrogen-bond acceptors (Lipinski definition) is 5. The van der Waals surface area contributed by atoms with Gasteiger partial charge in [0.25, 0.3) is 5.91 Å². The molecule has 4 rings (SSSR count). The third kappa shape index (κ3) is 2.86. The van der Waals surface area contributed by atoms with Gasteiger partial charge in [0.2, 0.25) is 0 Å². The molecule has 0 N–H and O–H groups in total. The maximum absolute atomic E-state index is 12.7. The number of carbonyl (C=O) groups is 2. The molecule has 130 valence electrons. The zero-order chi connectivity index (χ0) is 17.4. The van der Waals surface area contributed by atoms with Gasteiger partial charge in [-0.3, -0.25) is 4.79 Å². The lowest BCUT2D eigenvalue weighted by molar-refractivity contribution is 0.00291. The first kappa shape index (κ1) is 15.7. The molecule has 2 saturated heterocycles. The third-order valence-corrected chi connectivity index (χ3v) is 4.89. The van der Waals surface area contributed by atoms with Crippen LogP contribution in [0.15, 0.2) is 40.9 Å². The van der Waals surface area contributed by atoms with Crippen LogP contribution in [0.5, 0.6) is 0 Å². The number of rotatable bonds is 2. The summed E-state index contributed by atoms with van der Waals surface area (Å²) in [6.07, 6.45) is 0.986. The second-order valence-electron chi connectivity index (χ2n) is 6.64. The van der Waals surface area contributed by atoms with E-state index in [1.54, 1.807) is 22.9 Å². The highest BCUT2D eigenvalue weighted by Gasteiger charge is 2.46. The Morgan fingerprint density at radius 3 is 2.56 bits per heavy atom. The van der Waals surface area contributed by atoms with E-state index in [2.05, 4.69) is 5.16 Å². The predicted octanol–water partition coefficient (Wildman–Crippen LogP) is 2.40. The van der Waals surface area contributed by atoms with Crippen LogP contribution in [0.1, 0.15) is 23.3 Å². The number of aromatic nitrogens is 1. The molecule has 1 aromatic carbocycles. The monoisotopic (exact) mass is 341 g/mol. The van der Waals surface area contributed by atoms with Crippen LogP contribution in [0.2, 0.25) is 0 Å². The molecule has 2 aliphatic heterocycles. The molecule has 0 unspecified atom stereocenters. The standard InChI is InChI=1S/C18H19N3O4/c1-20-12-18(24-17(20)23)7-9-21(10-8-18)16(22)14-11-15(25-19-14)13-5-3-2-4-6-13/h2-6,11H,7-10,12H2,1H3. The normalized spacial score (nSPS) is 19.3. The minimum absolute atomic E-state index is 0.154. The van der Waals surface area contributed by atoms with Gasteiger partial charge < -0.3 is 19.1 Å². The van der Waals surface area contributed by atoms with E-state index in [1.165, 1.54) is 0 Å². The van der Waals surface area contributed by atoms with Gasteiger partial charge in [-0.2, -0.15) is 0 Å². The molecule has 7 nitrogen and oxygen atoms in total. The summed E-state index contributed by atoms with van der Waals surface area (Å²) in [6, 6.07) is 11.2. The molecule has 2 amide bonds. The van der Waals surface area contributed by atoms with E-state index in [-0.39, 0.29) is 12.0 Å². The summed E-state index contributed by atoms with van der Waals surface area (Å²) in [5.74, 6) is 0.419. The molecular formula is C18H19N3O4. The summed E-state index contributed by atoms with van der Waals surface area (Å²) >= 11 is 0. The summed E-state index contributed by atoms with van der Waals surface area (Å²) in [6.45, 7) is 1.65. The van der Waals surface area contributed by atoms with Crippen LogP contribution in [0, 0.1) is 0 Å². The highest BCUT2D eigenvalue weighted by molar-refractivity contribution is 5.93. The summed E-state index contributed by atoms with van der Waals surface area (Å²) in [5.41, 5.74) is 0.727. The van der Waals surface area contributed by atoms with Crippen molar-refractivity contribution < 1.29 is 18.8 Å². The zero-order valence-corrected chi connectivity index (χ0v) is 14.0. The van der Waals surface area contributed by atoms with Crippen molar-refractivity contribution in [1.29, 1.82) is 0 Å². The Hall–Kier alpha value is -2.83. The first-order valence-electron chi connectivity index (χ1n) is 8.32. The summed E-state index contributed by atoms with van der Waals surface area (Å²) in [5, 5.41) is 3.92. The number of amides is 2. The molecule has 0 aliphatic carbocycles. The van der Waals surface area contributed by atoms with E-state index >= 15 is 0 Å². The lowest BCUT2D eigenvalue weighted by Gasteiger charge is -2.36. The van der Waals surface area contributed by atoms with E-state index in [0.29, 0.717) is 43.9 Å². The highest BCUT2D eigenvalue weighted by atomic mass is 16.6. The molecule has 0 radical (unpaired) electrons. The molecule has 0 bridgehead atoms. The van der Waals surface area contributed by atoms with Crippen LogP contribution < -0.4 is 0 Å². The van der Waals surface area contributed by atoms with Gasteiger partial charge in [-0.25, -0.2) is 4.79 Å². The van der Waals surface area contributed by atoms with E-state index in [4.69, 9.17) is 9.26 Å². The van der Waals surface area contributed by atoms with Crippen LogP contribution >= 0.6 is 0 Å². The lowest BCUT2D eigenvalue weighted by atomic mass is 9.91. The second kappa shape index (κ2) is 5.91. The predicted molar refractivity (Wildman–Crippen MR) is 88.9 cm³/mol. The largest absolute Gasteiger partial charge is 0.441 e. The molecule has 7 heteroatoms. The smallest absolute Gasteiger partial charge is 0.410 e. The van der Waals surface area contributed by atoms with Gasteiger partial charge in [0.05, 0.1) is 6.54 Å². The van der Waals surface area contributed by atoms with Crippen molar-refractivity contribution in [2.24, 2.45) is 0 Å². The van der Waals surface area contributed by atoms with Gasteiger partial charge in [-0.05, 0) is 0 Å². The molecule has 0 saturated carbocycles. The fraction of sp³-hybridized carbons (Fsp3) is 0.389. The molecule has 1 aromatic heterocycles. The Bertz CT molecular complexity index is 794. The Labute approximate surface area is 145 Å². The van der Waals surface area contributed by atoms with Gasteiger partial charge in [-0.15, -0.1) is 0 Å². The Morgan fingerprint density at radius 1 is 1.20 bits per heavy atom. The molecular weight excluding hydrogens is 322 g/mol. The lowest BCUT2D eigenvalue weighted by Crippen LogP contribution is -2.48. The topological polar surface area (TPSA) is 75.9 Å². The number of nitrogens with zero attached hydrogens (tertiary/aromatic N) is 3. The Kier molecular flexibility index (Phi) is 3.71. The molecule has 2 aliphatic rings. The van der Waals surface area contributed by atoms with Crippen molar-refractivity contribution in [3.8, 4) is 11.3 Å². The van der Waals surface area contributed by atoms with E-state index in [0.717, 1.165) is 5.56 Å². The van der Waals surface area contributed by atoms with Crippen LogP contribution in [-0.4, -0.2) is 59.2 Å². The SMILES string of the molecule is CN1CC2(CCN(C(=O)c3cc(-c4ccccc4)on3)CC2)OC1=O. The van der Waals surface area contributed by atoms with Crippen LogP contribution in [0.4, 0.5) is 4.79 Å². The molecule has 2 fully saturated rings. The van der Waals surface area contributed by atoms with Crippen molar-refractivity contribution in [1.82, 2.24) is 15.0 Å². The quantitative estimate of drug-likeness (QED) is 0.838. The highest BCUT2D eigenvalue weighted by Crippen LogP contribution is 2.33. The minimum Gasteiger partial charge on any atom is -0.441 e. The Morgan fingerprint density at radius 2 is 1.92 bits per heavy atom. The maximum atomic E-state index is 12.7. The number of likely N-dealkylation sites (tertiary alicyclic amines) is 1. The van der Waals surface area contributed by atoms with Crippen LogP contribution in [-0.2, 0) is 4.74 Å². The zero-order valence-electron chi connectivity index (χ0n) is 14.0. The average molecular weight is 341 g/mol. The first-order valence-corrected chi connectivity index (χ1v) is 8.32. The number of hydrogen-bond donors (Lipinski definition) is 0. The second-order valence-corrected chi connectivity index (χ2v) is 6.64. The third-order valence-electron chi connectivity index (χ3n) is 4.89. The number of carbonyl (C=O) groups excluding carboxylic acids is 2. The molecule has 25 heavy (non-hydrogen) atoms. The average Bonchev–Trinajstić information content (AvgIpc) is 3.22. The van der Waals surface area contributed by atoms with Crippen molar-refractivity contribution >= 4 is 12.0 Å². The van der Waals surface area contributed by atoms with Crippen molar-refractivity contribution in [3.63, 3.8) is 0 Å². The number of likely N-dealkylation sites (N-methyl/N-ethyl adjacent to an activating group) is 1. The molecule has 0 atom stereocenters. The Balaban J connectivity index is 1.43. The minimum atomic E-state index is -0.457. The van der Waals surface area contributed by atoms with Gasteiger partial charge in [0, 0.05) is 44.6 Å². The summed E-state index contributed by atoms with van der Waals surface area (Å²) in [7, 11) is 1.73. The number of ether oxygens (including phenoxy) is 1. The van der Waals surface area contributed by atoms with Crippen molar-refractivity contribution in [2.75, 3.05) is 26.7 Å². The van der Waals surface area contributed by atoms with Crippen molar-refractivity contribution in [3.05, 3.63) is 42.1 Å². The van der Waals surface area contributed by atoms with Gasteiger partial charge in [0.1, 0.15) is 5.60 Å². The van der Waals surface area contributed by atoms with E-state index in [1.807, 2.05) is 30.3 Å². The van der Waals surface area contributed by atoms with Crippen molar-refractivity contribution in [2.45, 2.75) is 18.4 Å². The fourth-order valence-corrected chi connectivity index (χ4v) is 3.45. The van der Waals surface area contributed by atoms with E-state index < -0.39 is 5.60 Å². The molecule has 1 spiro atoms. The van der Waals surface area contributed by atoms with Crippen LogP contribution in [0.25, 0.3) is 11.3 Å². The van der Waals surface area contributed by atoms with Gasteiger partial charge in [-0.1, -0.05) is 35.5 Å². The first-order chi connectivity index (χ1) is 12.1. The summed E-state index contributed by atoms with van der Waals surface area (Å²) in [4.78, 5) is 27.6.